The molecule has 2 aliphatic carbocycles. The highest BCUT2D eigenvalue weighted by Crippen LogP contribution is 2.40. The number of nitrogens with two attached hydrogens (primary N) is 1. The van der Waals surface area contributed by atoms with E-state index >= 15 is 0 Å². The first-order valence-electron chi connectivity index (χ1n) is 15.0. The van der Waals surface area contributed by atoms with Crippen molar-refractivity contribution < 1.29 is 9.53 Å². The molecular formula is C32H58N4O2. The molecule has 0 heterocycles. The lowest BCUT2D eigenvalue weighted by Gasteiger charge is -2.37. The predicted molar refractivity (Wildman–Crippen MR) is 160 cm³/mol. The molecule has 0 bridgehead atoms. The zero-order valence-corrected chi connectivity index (χ0v) is 25.4. The fourth-order valence-electron chi connectivity index (χ4n) is 6.51. The summed E-state index contributed by atoms with van der Waals surface area (Å²) in [4.78, 5) is 16.5. The molecule has 218 valence electrons. The van der Waals surface area contributed by atoms with Gasteiger partial charge in [0.25, 0.3) is 0 Å². The van der Waals surface area contributed by atoms with Gasteiger partial charge in [0.15, 0.2) is 0 Å². The lowest BCUT2D eigenvalue weighted by molar-refractivity contribution is 0.120. The summed E-state index contributed by atoms with van der Waals surface area (Å²) in [5.41, 5.74) is 8.03. The number of nitrogens with one attached hydrogen (secondary N) is 1. The van der Waals surface area contributed by atoms with Crippen molar-refractivity contribution in [1.82, 2.24) is 15.1 Å². The van der Waals surface area contributed by atoms with E-state index in [-0.39, 0.29) is 12.1 Å². The summed E-state index contributed by atoms with van der Waals surface area (Å²) in [6.07, 6.45) is 15.4. The summed E-state index contributed by atoms with van der Waals surface area (Å²) in [6.45, 7) is 6.97. The van der Waals surface area contributed by atoms with Crippen LogP contribution in [-0.4, -0.2) is 69.3 Å². The number of carbonyl (C=O) groups is 1. The zero-order chi connectivity index (χ0) is 28.0. The Morgan fingerprint density at radius 3 is 1.84 bits per heavy atom. The first-order valence-corrected chi connectivity index (χ1v) is 15.0. The molecule has 6 heteroatoms. The van der Waals surface area contributed by atoms with E-state index in [1.807, 2.05) is 44.4 Å². The van der Waals surface area contributed by atoms with Gasteiger partial charge in [-0.25, -0.2) is 4.79 Å². The highest BCUT2D eigenvalue weighted by atomic mass is 16.5. The minimum atomic E-state index is -0.315. The van der Waals surface area contributed by atoms with Crippen molar-refractivity contribution in [1.29, 1.82) is 0 Å². The Labute approximate surface area is 234 Å². The van der Waals surface area contributed by atoms with Gasteiger partial charge in [0.1, 0.15) is 6.61 Å². The molecule has 2 fully saturated rings. The van der Waals surface area contributed by atoms with Crippen LogP contribution in [0.4, 0.5) is 4.79 Å². The van der Waals surface area contributed by atoms with E-state index in [0.717, 1.165) is 25.1 Å². The third-order valence-electron chi connectivity index (χ3n) is 8.34. The molecule has 0 radical (unpaired) electrons. The summed E-state index contributed by atoms with van der Waals surface area (Å²) in [6, 6.07) is 10.3. The standard InChI is InChI=1S/C20H32N2O2.C12H26N2/c1-20(12-8-5-9-13-20)14-18(15-22(2)3)21-19(23)24-16-17-10-6-4-7-11-17;1-12(7-5-4-6-8-12)9-11(13)10-14(2)3/h4,6-7,10-11,18H,5,8-9,12-16H2,1-3H3,(H,21,23);11H,4-10,13H2,1-3H3. The third-order valence-corrected chi connectivity index (χ3v) is 8.34. The van der Waals surface area contributed by atoms with E-state index < -0.39 is 0 Å². The van der Waals surface area contributed by atoms with E-state index in [9.17, 15) is 4.79 Å². The Bertz CT molecular complexity index is 771. The van der Waals surface area contributed by atoms with Crippen LogP contribution < -0.4 is 11.1 Å². The van der Waals surface area contributed by atoms with Crippen molar-refractivity contribution in [2.75, 3.05) is 41.3 Å². The van der Waals surface area contributed by atoms with Crippen LogP contribution >= 0.6 is 0 Å². The van der Waals surface area contributed by atoms with Crippen LogP contribution in [0.25, 0.3) is 0 Å². The quantitative estimate of drug-likeness (QED) is 0.344. The molecule has 3 rings (SSSR count). The number of nitrogens with zero attached hydrogens (tertiary/aromatic N) is 2. The Morgan fingerprint density at radius 1 is 0.842 bits per heavy atom. The van der Waals surface area contributed by atoms with Crippen molar-refractivity contribution in [3.05, 3.63) is 35.9 Å². The highest BCUT2D eigenvalue weighted by Gasteiger charge is 2.31. The molecule has 0 saturated heterocycles. The Hall–Kier alpha value is -1.63. The number of carbonyl (C=O) groups excluding carboxylic acids is 1. The Kier molecular flexibility index (Phi) is 14.1. The van der Waals surface area contributed by atoms with Crippen LogP contribution in [0.3, 0.4) is 0 Å². The molecule has 2 saturated carbocycles. The summed E-state index contributed by atoms with van der Waals surface area (Å²) in [5.74, 6) is 0. The van der Waals surface area contributed by atoms with Gasteiger partial charge in [-0.3, -0.25) is 0 Å². The molecule has 1 amide bonds. The molecule has 0 spiro atoms. The van der Waals surface area contributed by atoms with Gasteiger partial charge >= 0.3 is 6.09 Å². The molecule has 2 atom stereocenters. The number of benzene rings is 1. The van der Waals surface area contributed by atoms with E-state index in [1.165, 1.54) is 70.6 Å². The predicted octanol–water partition coefficient (Wildman–Crippen LogP) is 6.44. The van der Waals surface area contributed by atoms with Gasteiger partial charge in [-0.15, -0.1) is 0 Å². The van der Waals surface area contributed by atoms with Crippen molar-refractivity contribution >= 4 is 6.09 Å². The van der Waals surface area contributed by atoms with Crippen LogP contribution in [0.1, 0.15) is 96.5 Å². The number of hydrogen-bond acceptors (Lipinski definition) is 5. The van der Waals surface area contributed by atoms with Crippen molar-refractivity contribution in [2.45, 2.75) is 110 Å². The molecule has 0 aromatic heterocycles. The first-order chi connectivity index (χ1) is 18.0. The zero-order valence-electron chi connectivity index (χ0n) is 25.4. The first kappa shape index (κ1) is 32.6. The van der Waals surface area contributed by atoms with Gasteiger partial charge in [-0.1, -0.05) is 82.7 Å². The van der Waals surface area contributed by atoms with E-state index in [2.05, 4.69) is 43.1 Å². The molecule has 6 nitrogen and oxygen atoms in total. The second-order valence-corrected chi connectivity index (χ2v) is 13.3. The molecule has 2 aliphatic rings. The topological polar surface area (TPSA) is 70.8 Å². The van der Waals surface area contributed by atoms with Crippen molar-refractivity contribution in [3.63, 3.8) is 0 Å². The van der Waals surface area contributed by atoms with Crippen molar-refractivity contribution in [2.24, 2.45) is 16.6 Å². The van der Waals surface area contributed by atoms with Crippen LogP contribution in [0.2, 0.25) is 0 Å². The summed E-state index contributed by atoms with van der Waals surface area (Å²) in [5, 5.41) is 3.09. The molecular weight excluding hydrogens is 472 g/mol. The Morgan fingerprint density at radius 2 is 1.34 bits per heavy atom. The number of rotatable bonds is 11. The molecule has 0 aliphatic heterocycles. The van der Waals surface area contributed by atoms with Gasteiger partial charge < -0.3 is 25.6 Å². The molecule has 1 aromatic carbocycles. The number of alkyl carbamates (subject to hydrolysis) is 1. The van der Waals surface area contributed by atoms with E-state index in [1.54, 1.807) is 0 Å². The van der Waals surface area contributed by atoms with Crippen LogP contribution in [0.15, 0.2) is 30.3 Å². The number of likely N-dealkylation sites (N-methyl/N-ethyl adjacent to an activating group) is 2. The van der Waals surface area contributed by atoms with Crippen molar-refractivity contribution in [3.8, 4) is 0 Å². The molecule has 1 aromatic rings. The highest BCUT2D eigenvalue weighted by molar-refractivity contribution is 5.67. The van der Waals surface area contributed by atoms with E-state index in [0.29, 0.717) is 23.5 Å². The maximum atomic E-state index is 12.2. The van der Waals surface area contributed by atoms with Gasteiger partial charge in [0.2, 0.25) is 0 Å². The normalized spacial score (nSPS) is 20.2. The minimum absolute atomic E-state index is 0.131. The smallest absolute Gasteiger partial charge is 0.407 e. The maximum Gasteiger partial charge on any atom is 0.407 e. The number of hydrogen-bond donors (Lipinski definition) is 2. The number of amides is 1. The fraction of sp³-hybridized carbons (Fsp3) is 0.781. The van der Waals surface area contributed by atoms with Crippen LogP contribution in [0.5, 0.6) is 0 Å². The lowest BCUT2D eigenvalue weighted by Crippen LogP contribution is -2.45. The Balaban J connectivity index is 0.000000308. The SMILES string of the molecule is CN(C)CC(CC1(C)CCCCC1)NC(=O)OCc1ccccc1.CN(C)CC(N)CC1(C)CCCCC1. The second-order valence-electron chi connectivity index (χ2n) is 13.3. The molecule has 3 N–H and O–H groups in total. The number of ether oxygens (including phenoxy) is 1. The molecule has 2 unspecified atom stereocenters. The summed E-state index contributed by atoms with van der Waals surface area (Å²) < 4.78 is 5.39. The van der Waals surface area contributed by atoms with Gasteiger partial charge in [-0.2, -0.15) is 0 Å². The summed E-state index contributed by atoms with van der Waals surface area (Å²) in [7, 11) is 8.30. The van der Waals surface area contributed by atoms with Gasteiger partial charge in [-0.05, 0) is 83.1 Å². The average Bonchev–Trinajstić information content (AvgIpc) is 2.83. The van der Waals surface area contributed by atoms with Gasteiger partial charge in [0, 0.05) is 25.2 Å². The minimum Gasteiger partial charge on any atom is -0.445 e. The fourth-order valence-corrected chi connectivity index (χ4v) is 6.51. The molecule has 38 heavy (non-hydrogen) atoms. The maximum absolute atomic E-state index is 12.2. The third kappa shape index (κ3) is 13.4. The van der Waals surface area contributed by atoms with Crippen LogP contribution in [0, 0.1) is 10.8 Å². The monoisotopic (exact) mass is 530 g/mol. The largest absolute Gasteiger partial charge is 0.445 e. The van der Waals surface area contributed by atoms with Crippen LogP contribution in [-0.2, 0) is 11.3 Å². The lowest BCUT2D eigenvalue weighted by atomic mass is 9.72. The van der Waals surface area contributed by atoms with Gasteiger partial charge in [0.05, 0.1) is 0 Å². The average molecular weight is 531 g/mol. The summed E-state index contributed by atoms with van der Waals surface area (Å²) >= 11 is 0. The second kappa shape index (κ2) is 16.5. The van der Waals surface area contributed by atoms with E-state index in [4.69, 9.17) is 10.5 Å².